The molecule has 0 radical (unpaired) electrons. The Bertz CT molecular complexity index is 611. The van der Waals surface area contributed by atoms with Crippen molar-refractivity contribution in [2.24, 2.45) is 0 Å². The Kier molecular flexibility index (Phi) is 5.38. The van der Waals surface area contributed by atoms with Crippen molar-refractivity contribution in [2.45, 2.75) is 31.5 Å². The van der Waals surface area contributed by atoms with Gasteiger partial charge in [0.05, 0.1) is 5.75 Å². The molecule has 21 heavy (non-hydrogen) atoms. The Morgan fingerprint density at radius 1 is 1.38 bits per heavy atom. The van der Waals surface area contributed by atoms with Gasteiger partial charge >= 0.3 is 5.97 Å². The summed E-state index contributed by atoms with van der Waals surface area (Å²) < 4.78 is 14.9. The number of aliphatic carboxylic acids is 1. The summed E-state index contributed by atoms with van der Waals surface area (Å²) in [6, 6.07) is 6.43. The van der Waals surface area contributed by atoms with Crippen molar-refractivity contribution in [3.05, 3.63) is 47.5 Å². The molecule has 1 heterocycles. The number of halogens is 1. The molecule has 6 heteroatoms. The maximum atomic E-state index is 12.9. The number of thioether (sulfide) groups is 1. The summed E-state index contributed by atoms with van der Waals surface area (Å²) >= 11 is 1.22. The third-order valence-electron chi connectivity index (χ3n) is 3.13. The summed E-state index contributed by atoms with van der Waals surface area (Å²) in [5, 5.41) is 9.49. The van der Waals surface area contributed by atoms with Gasteiger partial charge in [-0.25, -0.2) is 9.37 Å². The number of aryl methyl sites for hydroxylation is 2. The van der Waals surface area contributed by atoms with Crippen LogP contribution < -0.4 is 0 Å². The number of hydrogen-bond acceptors (Lipinski definition) is 3. The molecule has 0 bridgehead atoms. The molecule has 1 aromatic carbocycles. The lowest BCUT2D eigenvalue weighted by atomic mass is 10.1. The van der Waals surface area contributed by atoms with Crippen molar-refractivity contribution in [1.82, 2.24) is 9.55 Å². The minimum Gasteiger partial charge on any atom is -0.481 e. The first-order chi connectivity index (χ1) is 10.1. The highest BCUT2D eigenvalue weighted by atomic mass is 32.2. The topological polar surface area (TPSA) is 55.1 Å². The molecule has 0 aliphatic carbocycles. The first-order valence-corrected chi connectivity index (χ1v) is 7.72. The molecule has 0 aliphatic rings. The van der Waals surface area contributed by atoms with Crippen molar-refractivity contribution in [2.75, 3.05) is 5.75 Å². The van der Waals surface area contributed by atoms with Crippen LogP contribution in [0, 0.1) is 5.82 Å². The number of nitrogens with zero attached hydrogens (tertiary/aromatic N) is 2. The predicted octanol–water partition coefficient (Wildman–Crippen LogP) is 3.00. The Hall–Kier alpha value is -1.82. The third kappa shape index (κ3) is 4.32. The lowest BCUT2D eigenvalue weighted by Crippen LogP contribution is -2.08. The van der Waals surface area contributed by atoms with E-state index >= 15 is 0 Å². The monoisotopic (exact) mass is 308 g/mol. The van der Waals surface area contributed by atoms with E-state index < -0.39 is 5.97 Å². The number of rotatable bonds is 7. The molecule has 0 amide bonds. The minimum absolute atomic E-state index is 0.00326. The number of carboxylic acid groups (broad SMARTS) is 1. The Morgan fingerprint density at radius 3 is 2.71 bits per heavy atom. The molecule has 0 atom stereocenters. The zero-order valence-corrected chi connectivity index (χ0v) is 12.6. The average Bonchev–Trinajstić information content (AvgIpc) is 2.86. The van der Waals surface area contributed by atoms with Gasteiger partial charge in [-0.15, -0.1) is 0 Å². The van der Waals surface area contributed by atoms with Gasteiger partial charge in [0.2, 0.25) is 0 Å². The van der Waals surface area contributed by atoms with E-state index in [2.05, 4.69) is 4.98 Å². The van der Waals surface area contributed by atoms with Gasteiger partial charge in [-0.3, -0.25) is 4.79 Å². The first kappa shape index (κ1) is 15.6. The molecule has 2 rings (SSSR count). The van der Waals surface area contributed by atoms with E-state index in [0.29, 0.717) is 6.54 Å². The van der Waals surface area contributed by atoms with E-state index in [0.717, 1.165) is 29.3 Å². The summed E-state index contributed by atoms with van der Waals surface area (Å²) in [6.07, 6.45) is 3.38. The van der Waals surface area contributed by atoms with Crippen LogP contribution in [0.1, 0.15) is 18.2 Å². The molecule has 1 aromatic heterocycles. The van der Waals surface area contributed by atoms with Gasteiger partial charge in [0.1, 0.15) is 5.82 Å². The summed E-state index contributed by atoms with van der Waals surface area (Å²) in [4.78, 5) is 15.0. The van der Waals surface area contributed by atoms with Gasteiger partial charge in [0.15, 0.2) is 5.16 Å². The second kappa shape index (κ2) is 7.26. The van der Waals surface area contributed by atoms with Gasteiger partial charge in [-0.05, 0) is 30.5 Å². The van der Waals surface area contributed by atoms with Crippen molar-refractivity contribution in [1.29, 1.82) is 0 Å². The fraction of sp³-hybridized carbons (Fsp3) is 0.333. The molecule has 112 valence electrons. The first-order valence-electron chi connectivity index (χ1n) is 6.73. The SMILES string of the molecule is CCc1cnc(SCC(=O)O)n1CCc1ccc(F)cc1. The normalized spacial score (nSPS) is 10.8. The van der Waals surface area contributed by atoms with Crippen molar-refractivity contribution in [3.63, 3.8) is 0 Å². The molecular formula is C15H17FN2O2S. The van der Waals surface area contributed by atoms with Crippen molar-refractivity contribution >= 4 is 17.7 Å². The smallest absolute Gasteiger partial charge is 0.313 e. The summed E-state index contributed by atoms with van der Waals surface area (Å²) in [5.41, 5.74) is 2.12. The highest BCUT2D eigenvalue weighted by Gasteiger charge is 2.11. The van der Waals surface area contributed by atoms with E-state index in [1.54, 1.807) is 18.3 Å². The van der Waals surface area contributed by atoms with Gasteiger partial charge in [0.25, 0.3) is 0 Å². The van der Waals surface area contributed by atoms with Crippen LogP contribution in [0.5, 0.6) is 0 Å². The molecule has 0 aliphatic heterocycles. The molecule has 4 nitrogen and oxygen atoms in total. The van der Waals surface area contributed by atoms with E-state index in [4.69, 9.17) is 5.11 Å². The predicted molar refractivity (Wildman–Crippen MR) is 80.1 cm³/mol. The fourth-order valence-corrected chi connectivity index (χ4v) is 2.79. The van der Waals surface area contributed by atoms with Gasteiger partial charge in [-0.2, -0.15) is 0 Å². The van der Waals surface area contributed by atoms with Crippen LogP contribution in [-0.4, -0.2) is 26.4 Å². The number of imidazole rings is 1. The van der Waals surface area contributed by atoms with Gasteiger partial charge < -0.3 is 9.67 Å². The Balaban J connectivity index is 2.08. The van der Waals surface area contributed by atoms with Crippen LogP contribution in [0.2, 0.25) is 0 Å². The molecule has 0 unspecified atom stereocenters. The summed E-state index contributed by atoms with van der Waals surface area (Å²) in [5.74, 6) is -1.10. The van der Waals surface area contributed by atoms with Crippen LogP contribution in [0.25, 0.3) is 0 Å². The zero-order valence-electron chi connectivity index (χ0n) is 11.8. The molecule has 2 aromatic rings. The highest BCUT2D eigenvalue weighted by molar-refractivity contribution is 7.99. The quantitative estimate of drug-likeness (QED) is 0.799. The Morgan fingerprint density at radius 2 is 2.10 bits per heavy atom. The standard InChI is InChI=1S/C15H17FN2O2S/c1-2-13-9-17-15(21-10-14(19)20)18(13)8-7-11-3-5-12(16)6-4-11/h3-6,9H,2,7-8,10H2,1H3,(H,19,20). The van der Waals surface area contributed by atoms with E-state index in [1.165, 1.54) is 23.9 Å². The lowest BCUT2D eigenvalue weighted by Gasteiger charge is -2.10. The van der Waals surface area contributed by atoms with Crippen LogP contribution in [0.4, 0.5) is 4.39 Å². The zero-order chi connectivity index (χ0) is 15.2. The number of benzene rings is 1. The Labute approximate surface area is 127 Å². The van der Waals surface area contributed by atoms with Crippen LogP contribution >= 0.6 is 11.8 Å². The lowest BCUT2D eigenvalue weighted by molar-refractivity contribution is -0.133. The fourth-order valence-electron chi connectivity index (χ4n) is 2.05. The second-order valence-corrected chi connectivity index (χ2v) is 5.54. The van der Waals surface area contributed by atoms with E-state index in [-0.39, 0.29) is 11.6 Å². The maximum absolute atomic E-state index is 12.9. The summed E-state index contributed by atoms with van der Waals surface area (Å²) in [6.45, 7) is 2.74. The highest BCUT2D eigenvalue weighted by Crippen LogP contribution is 2.19. The third-order valence-corrected chi connectivity index (χ3v) is 4.10. The average molecular weight is 308 g/mol. The summed E-state index contributed by atoms with van der Waals surface area (Å²) in [7, 11) is 0. The van der Waals surface area contributed by atoms with Gasteiger partial charge in [-0.1, -0.05) is 30.8 Å². The molecule has 1 N–H and O–H groups in total. The maximum Gasteiger partial charge on any atom is 0.313 e. The van der Waals surface area contributed by atoms with Crippen molar-refractivity contribution < 1.29 is 14.3 Å². The number of carbonyl (C=O) groups is 1. The largest absolute Gasteiger partial charge is 0.481 e. The van der Waals surface area contributed by atoms with Crippen LogP contribution in [0.3, 0.4) is 0 Å². The number of hydrogen-bond donors (Lipinski definition) is 1. The molecule has 0 saturated carbocycles. The molecular weight excluding hydrogens is 291 g/mol. The second-order valence-electron chi connectivity index (χ2n) is 4.60. The van der Waals surface area contributed by atoms with Crippen LogP contribution in [0.15, 0.2) is 35.6 Å². The van der Waals surface area contributed by atoms with Gasteiger partial charge in [0, 0.05) is 18.4 Å². The van der Waals surface area contributed by atoms with Crippen LogP contribution in [-0.2, 0) is 24.2 Å². The molecule has 0 saturated heterocycles. The minimum atomic E-state index is -0.855. The van der Waals surface area contributed by atoms with E-state index in [9.17, 15) is 9.18 Å². The number of aromatic nitrogens is 2. The number of carboxylic acids is 1. The molecule has 0 spiro atoms. The van der Waals surface area contributed by atoms with E-state index in [1.807, 2.05) is 11.5 Å². The molecule has 0 fully saturated rings. The van der Waals surface area contributed by atoms with Crippen molar-refractivity contribution in [3.8, 4) is 0 Å².